The van der Waals surface area contributed by atoms with Crippen molar-refractivity contribution >= 4 is 63.2 Å². The van der Waals surface area contributed by atoms with Crippen molar-refractivity contribution in [1.82, 2.24) is 9.97 Å². The van der Waals surface area contributed by atoms with Crippen molar-refractivity contribution in [3.63, 3.8) is 0 Å². The molecule has 7 nitrogen and oxygen atoms in total. The van der Waals surface area contributed by atoms with E-state index in [1.54, 1.807) is 6.92 Å². The van der Waals surface area contributed by atoms with Crippen LogP contribution in [0.2, 0.25) is 10.0 Å². The minimum absolute atomic E-state index is 0.155. The minimum Gasteiger partial charge on any atom is -0.358 e. The van der Waals surface area contributed by atoms with E-state index in [2.05, 4.69) is 15.3 Å². The van der Waals surface area contributed by atoms with Crippen LogP contribution in [0.4, 0.5) is 10.9 Å². The van der Waals surface area contributed by atoms with Gasteiger partial charge in [0.2, 0.25) is 5.91 Å². The van der Waals surface area contributed by atoms with E-state index in [4.69, 9.17) is 23.2 Å². The maximum Gasteiger partial charge on any atom is 0.391 e. The summed E-state index contributed by atoms with van der Waals surface area (Å²) >= 11 is 14.0. The molecule has 2 heterocycles. The molecule has 2 aromatic rings. The molecule has 0 spiro atoms. The van der Waals surface area contributed by atoms with Crippen LogP contribution in [-0.4, -0.2) is 20.8 Å². The average Bonchev–Trinajstić information content (AvgIpc) is 2.85. The standard InChI is InChI=1S/C11H8Cl2N4O3S2/c1-2-7(18)15-11-16-9(17(19)20)10(22-11)21-8-5(12)3-14-4-6(8)13/h3-4H,2H2,1H3,(H,15,16,18). The summed E-state index contributed by atoms with van der Waals surface area (Å²) in [6.45, 7) is 1.67. The fraction of sp³-hybridized carbons (Fsp3) is 0.182. The molecule has 116 valence electrons. The van der Waals surface area contributed by atoms with Gasteiger partial charge in [-0.25, -0.2) is 0 Å². The van der Waals surface area contributed by atoms with Crippen molar-refractivity contribution in [1.29, 1.82) is 0 Å². The Bertz CT molecular complexity index is 718. The van der Waals surface area contributed by atoms with Crippen molar-refractivity contribution in [2.75, 3.05) is 5.32 Å². The fourth-order valence-electron chi connectivity index (χ4n) is 1.33. The number of anilines is 1. The van der Waals surface area contributed by atoms with Gasteiger partial charge in [-0.05, 0) is 9.91 Å². The van der Waals surface area contributed by atoms with Crippen molar-refractivity contribution in [3.8, 4) is 0 Å². The number of hydrogen-bond acceptors (Lipinski definition) is 7. The van der Waals surface area contributed by atoms with E-state index in [0.717, 1.165) is 23.1 Å². The number of pyridine rings is 1. The van der Waals surface area contributed by atoms with Crippen molar-refractivity contribution in [2.24, 2.45) is 0 Å². The molecule has 0 aliphatic carbocycles. The van der Waals surface area contributed by atoms with Gasteiger partial charge in [0.05, 0.1) is 14.9 Å². The number of nitro groups is 1. The predicted octanol–water partition coefficient (Wildman–Crippen LogP) is 4.25. The lowest BCUT2D eigenvalue weighted by Crippen LogP contribution is -2.08. The summed E-state index contributed by atoms with van der Waals surface area (Å²) in [5, 5.41) is 14.3. The highest BCUT2D eigenvalue weighted by Gasteiger charge is 2.26. The van der Waals surface area contributed by atoms with Gasteiger partial charge in [-0.15, -0.1) is 0 Å². The van der Waals surface area contributed by atoms with E-state index < -0.39 is 4.92 Å². The fourth-order valence-corrected chi connectivity index (χ4v) is 3.96. The summed E-state index contributed by atoms with van der Waals surface area (Å²) in [6, 6.07) is 0. The van der Waals surface area contributed by atoms with E-state index in [1.165, 1.54) is 12.4 Å². The summed E-state index contributed by atoms with van der Waals surface area (Å²) < 4.78 is 0.270. The summed E-state index contributed by atoms with van der Waals surface area (Å²) in [5.41, 5.74) is 0. The van der Waals surface area contributed by atoms with Gasteiger partial charge in [-0.2, -0.15) is 0 Å². The number of nitrogens with zero attached hydrogens (tertiary/aromatic N) is 3. The van der Waals surface area contributed by atoms with Crippen LogP contribution in [0.5, 0.6) is 0 Å². The first-order chi connectivity index (χ1) is 10.4. The van der Waals surface area contributed by atoms with Crippen LogP contribution in [0.15, 0.2) is 21.5 Å². The highest BCUT2D eigenvalue weighted by Crippen LogP contribution is 2.45. The van der Waals surface area contributed by atoms with Crippen LogP contribution in [-0.2, 0) is 4.79 Å². The molecule has 2 aromatic heterocycles. The second-order valence-electron chi connectivity index (χ2n) is 3.82. The molecule has 1 amide bonds. The lowest BCUT2D eigenvalue weighted by atomic mass is 10.5. The molecular formula is C11H8Cl2N4O3S2. The first kappa shape index (κ1) is 16.9. The number of rotatable bonds is 5. The van der Waals surface area contributed by atoms with Gasteiger partial charge >= 0.3 is 10.9 Å². The van der Waals surface area contributed by atoms with Gasteiger partial charge in [0.25, 0.3) is 0 Å². The lowest BCUT2D eigenvalue weighted by Gasteiger charge is -2.03. The summed E-state index contributed by atoms with van der Waals surface area (Å²) in [5.74, 6) is -0.634. The molecule has 0 saturated carbocycles. The molecule has 11 heteroatoms. The maximum absolute atomic E-state index is 11.4. The summed E-state index contributed by atoms with van der Waals surface area (Å²) in [4.78, 5) is 29.9. The molecule has 22 heavy (non-hydrogen) atoms. The highest BCUT2D eigenvalue weighted by atomic mass is 35.5. The largest absolute Gasteiger partial charge is 0.391 e. The van der Waals surface area contributed by atoms with Crippen LogP contribution in [0.1, 0.15) is 13.3 Å². The van der Waals surface area contributed by atoms with E-state index in [1.807, 2.05) is 0 Å². The third kappa shape index (κ3) is 3.86. The van der Waals surface area contributed by atoms with Crippen LogP contribution in [0, 0.1) is 10.1 Å². The van der Waals surface area contributed by atoms with Gasteiger partial charge in [-0.3, -0.25) is 15.1 Å². The zero-order chi connectivity index (χ0) is 16.3. The third-order valence-corrected chi connectivity index (χ3v) is 5.39. The van der Waals surface area contributed by atoms with E-state index in [0.29, 0.717) is 4.90 Å². The summed E-state index contributed by atoms with van der Waals surface area (Å²) in [6.07, 6.45) is 3.03. The molecule has 0 aliphatic heterocycles. The predicted molar refractivity (Wildman–Crippen MR) is 86.1 cm³/mol. The van der Waals surface area contributed by atoms with E-state index in [9.17, 15) is 14.9 Å². The molecule has 2 rings (SSSR count). The van der Waals surface area contributed by atoms with Crippen LogP contribution in [0.25, 0.3) is 0 Å². The second-order valence-corrected chi connectivity index (χ2v) is 6.92. The maximum atomic E-state index is 11.4. The lowest BCUT2D eigenvalue weighted by molar-refractivity contribution is -0.391. The first-order valence-electron chi connectivity index (χ1n) is 5.84. The SMILES string of the molecule is CCC(=O)Nc1nc([N+](=O)[O-])c(Sc2c(Cl)cncc2Cl)s1. The Labute approximate surface area is 143 Å². The Kier molecular flexibility index (Phi) is 5.57. The van der Waals surface area contributed by atoms with E-state index in [-0.39, 0.29) is 37.5 Å². The molecule has 0 aromatic carbocycles. The first-order valence-corrected chi connectivity index (χ1v) is 8.23. The molecule has 0 bridgehead atoms. The molecule has 0 saturated heterocycles. The number of halogens is 2. The van der Waals surface area contributed by atoms with Gasteiger partial charge in [0, 0.05) is 18.8 Å². The quantitative estimate of drug-likeness (QED) is 0.616. The zero-order valence-corrected chi connectivity index (χ0v) is 14.1. The number of aromatic nitrogens is 2. The number of carbonyl (C=O) groups excluding carboxylic acids is 1. The second kappa shape index (κ2) is 7.23. The van der Waals surface area contributed by atoms with Crippen molar-refractivity contribution in [3.05, 3.63) is 32.6 Å². The van der Waals surface area contributed by atoms with Gasteiger partial charge in [-0.1, -0.05) is 53.2 Å². The molecule has 1 N–H and O–H groups in total. The number of hydrogen-bond donors (Lipinski definition) is 1. The number of thiazole rings is 1. The summed E-state index contributed by atoms with van der Waals surface area (Å²) in [7, 11) is 0. The highest BCUT2D eigenvalue weighted by molar-refractivity contribution is 8.01. The van der Waals surface area contributed by atoms with Crippen LogP contribution in [0.3, 0.4) is 0 Å². The third-order valence-electron chi connectivity index (χ3n) is 2.32. The van der Waals surface area contributed by atoms with Gasteiger partial charge in [0.15, 0.2) is 4.21 Å². The smallest absolute Gasteiger partial charge is 0.358 e. The Hall–Kier alpha value is -1.42. The van der Waals surface area contributed by atoms with Crippen LogP contribution < -0.4 is 5.32 Å². The Morgan fingerprint density at radius 1 is 1.45 bits per heavy atom. The molecule has 0 aliphatic rings. The number of amides is 1. The number of nitrogens with one attached hydrogen (secondary N) is 1. The minimum atomic E-state index is -0.622. The van der Waals surface area contributed by atoms with Gasteiger partial charge < -0.3 is 10.1 Å². The van der Waals surface area contributed by atoms with Gasteiger partial charge in [0.1, 0.15) is 0 Å². The van der Waals surface area contributed by atoms with Crippen molar-refractivity contribution < 1.29 is 9.72 Å². The molecule has 0 unspecified atom stereocenters. The number of carbonyl (C=O) groups is 1. The van der Waals surface area contributed by atoms with E-state index >= 15 is 0 Å². The zero-order valence-electron chi connectivity index (χ0n) is 11.0. The van der Waals surface area contributed by atoms with Crippen LogP contribution >= 0.6 is 46.3 Å². The van der Waals surface area contributed by atoms with Crippen molar-refractivity contribution in [2.45, 2.75) is 22.4 Å². The normalized spacial score (nSPS) is 10.5. The topological polar surface area (TPSA) is 98.0 Å². The average molecular weight is 379 g/mol. The molecule has 0 fully saturated rings. The Balaban J connectivity index is 2.37. The monoisotopic (exact) mass is 378 g/mol. The molecule has 0 radical (unpaired) electrons. The molecule has 0 atom stereocenters. The Morgan fingerprint density at radius 2 is 2.09 bits per heavy atom. The Morgan fingerprint density at radius 3 is 2.64 bits per heavy atom. The molecular weight excluding hydrogens is 371 g/mol.